The summed E-state index contributed by atoms with van der Waals surface area (Å²) < 4.78 is 44.4. The Kier molecular flexibility index (Phi) is 6.68. The van der Waals surface area contributed by atoms with Gasteiger partial charge in [0, 0.05) is 42.5 Å². The predicted octanol–water partition coefficient (Wildman–Crippen LogP) is 5.60. The molecular weight excluding hydrogens is 507 g/mol. The first-order valence-corrected chi connectivity index (χ1v) is 12.4. The van der Waals surface area contributed by atoms with Crippen molar-refractivity contribution in [1.82, 2.24) is 14.9 Å². The van der Waals surface area contributed by atoms with Crippen LogP contribution in [0.5, 0.6) is 5.75 Å². The summed E-state index contributed by atoms with van der Waals surface area (Å²) in [6.07, 6.45) is -4.42. The number of carbonyl (C=O) groups is 1. The minimum absolute atomic E-state index is 0.166. The molecule has 5 rings (SSSR count). The number of para-hydroxylation sites is 2. The van der Waals surface area contributed by atoms with Crippen LogP contribution in [0.1, 0.15) is 40.8 Å². The number of amides is 1. The first-order valence-electron chi connectivity index (χ1n) is 12.4. The van der Waals surface area contributed by atoms with Crippen LogP contribution < -0.4 is 10.9 Å². The van der Waals surface area contributed by atoms with Crippen LogP contribution in [-0.2, 0) is 24.4 Å². The van der Waals surface area contributed by atoms with Gasteiger partial charge in [-0.3, -0.25) is 9.59 Å². The molecule has 2 heterocycles. The van der Waals surface area contributed by atoms with Gasteiger partial charge in [0.25, 0.3) is 5.56 Å². The van der Waals surface area contributed by atoms with E-state index in [1.807, 2.05) is 12.1 Å². The van der Waals surface area contributed by atoms with Crippen molar-refractivity contribution in [3.05, 3.63) is 111 Å². The molecule has 3 N–H and O–H groups in total. The number of aromatic amines is 1. The van der Waals surface area contributed by atoms with Crippen LogP contribution in [0.3, 0.4) is 0 Å². The standard InChI is InChI=1S/C30H26F3N3O3/c1-17(37)34-16-15-19-18-9-4-7-13-23(18)35-27(19)25(20-10-3-6-12-22(20)30(31,32)33)26-28(38)21-11-5-8-14-24(21)36(2)29(26)39/h3-14,25,35,38H,15-16H2,1-2H3,(H,34,37). The number of H-pyrrole nitrogens is 1. The van der Waals surface area contributed by atoms with E-state index in [2.05, 4.69) is 10.3 Å². The van der Waals surface area contributed by atoms with E-state index in [0.717, 1.165) is 11.5 Å². The number of fused-ring (bicyclic) bond motifs is 2. The highest BCUT2D eigenvalue weighted by molar-refractivity contribution is 5.88. The molecule has 1 unspecified atom stereocenters. The van der Waals surface area contributed by atoms with Gasteiger partial charge >= 0.3 is 6.18 Å². The summed E-state index contributed by atoms with van der Waals surface area (Å²) in [5.41, 5.74) is 0.263. The van der Waals surface area contributed by atoms with E-state index in [1.165, 1.54) is 36.7 Å². The monoisotopic (exact) mass is 533 g/mol. The number of hydrogen-bond donors (Lipinski definition) is 3. The maximum absolute atomic E-state index is 14.4. The second-order valence-corrected chi connectivity index (χ2v) is 9.46. The molecular formula is C30H26F3N3O3. The topological polar surface area (TPSA) is 87.1 Å². The number of pyridine rings is 1. The summed E-state index contributed by atoms with van der Waals surface area (Å²) in [6, 6.07) is 19.0. The molecule has 0 spiro atoms. The van der Waals surface area contributed by atoms with Gasteiger partial charge in [0.1, 0.15) is 5.75 Å². The molecule has 6 nitrogen and oxygen atoms in total. The van der Waals surface area contributed by atoms with Gasteiger partial charge in [0.2, 0.25) is 5.91 Å². The molecule has 0 fully saturated rings. The molecule has 9 heteroatoms. The van der Waals surface area contributed by atoms with E-state index in [9.17, 15) is 27.9 Å². The number of nitrogens with one attached hydrogen (secondary N) is 2. The smallest absolute Gasteiger partial charge is 0.416 e. The minimum Gasteiger partial charge on any atom is -0.507 e. The molecule has 0 aliphatic carbocycles. The molecule has 2 aromatic heterocycles. The van der Waals surface area contributed by atoms with Crippen molar-refractivity contribution in [2.24, 2.45) is 7.05 Å². The van der Waals surface area contributed by atoms with Gasteiger partial charge in [0.15, 0.2) is 0 Å². The van der Waals surface area contributed by atoms with Gasteiger partial charge in [-0.05, 0) is 41.8 Å². The molecule has 1 amide bonds. The van der Waals surface area contributed by atoms with Gasteiger partial charge in [0.05, 0.1) is 22.6 Å². The lowest BCUT2D eigenvalue weighted by Crippen LogP contribution is -2.27. The molecule has 0 bridgehead atoms. The number of halogens is 3. The van der Waals surface area contributed by atoms with Crippen LogP contribution in [0.4, 0.5) is 13.2 Å². The SMILES string of the molecule is CC(=O)NCCc1c(C(c2ccccc2C(F)(F)F)c2c(O)c3ccccc3n(C)c2=O)[nH]c2ccccc12. The molecule has 0 aliphatic rings. The fourth-order valence-electron chi connectivity index (χ4n) is 5.33. The Balaban J connectivity index is 1.89. The zero-order valence-corrected chi connectivity index (χ0v) is 21.3. The first-order chi connectivity index (χ1) is 18.6. The molecule has 0 saturated carbocycles. The number of alkyl halides is 3. The second kappa shape index (κ2) is 9.98. The number of aromatic nitrogens is 2. The van der Waals surface area contributed by atoms with Crippen LogP contribution >= 0.6 is 0 Å². The van der Waals surface area contributed by atoms with E-state index < -0.39 is 23.2 Å². The Bertz CT molecular complexity index is 1770. The summed E-state index contributed by atoms with van der Waals surface area (Å²) in [6.45, 7) is 1.62. The summed E-state index contributed by atoms with van der Waals surface area (Å²) in [5.74, 6) is -1.90. The van der Waals surface area contributed by atoms with Gasteiger partial charge in [-0.2, -0.15) is 13.2 Å². The Hall–Kier alpha value is -4.53. The average molecular weight is 534 g/mol. The number of rotatable bonds is 6. The molecule has 0 aliphatic heterocycles. The number of hydrogen-bond acceptors (Lipinski definition) is 3. The fourth-order valence-corrected chi connectivity index (χ4v) is 5.33. The third-order valence-electron chi connectivity index (χ3n) is 7.06. The largest absolute Gasteiger partial charge is 0.507 e. The van der Waals surface area contributed by atoms with Crippen LogP contribution in [0, 0.1) is 0 Å². The Morgan fingerprint density at radius 2 is 1.64 bits per heavy atom. The quantitative estimate of drug-likeness (QED) is 0.266. The van der Waals surface area contributed by atoms with Crippen molar-refractivity contribution in [2.45, 2.75) is 25.4 Å². The lowest BCUT2D eigenvalue weighted by molar-refractivity contribution is -0.138. The Morgan fingerprint density at radius 3 is 2.36 bits per heavy atom. The van der Waals surface area contributed by atoms with E-state index in [-0.39, 0.29) is 35.7 Å². The normalized spacial score (nSPS) is 12.6. The number of nitrogens with zero attached hydrogens (tertiary/aromatic N) is 1. The van der Waals surface area contributed by atoms with Crippen LogP contribution in [-0.4, -0.2) is 27.1 Å². The minimum atomic E-state index is -4.71. The Morgan fingerprint density at radius 1 is 1.00 bits per heavy atom. The number of aryl methyl sites for hydroxylation is 1. The molecule has 0 saturated heterocycles. The summed E-state index contributed by atoms with van der Waals surface area (Å²) >= 11 is 0. The third-order valence-corrected chi connectivity index (χ3v) is 7.06. The summed E-state index contributed by atoms with van der Waals surface area (Å²) in [4.78, 5) is 28.7. The first kappa shape index (κ1) is 26.1. The summed E-state index contributed by atoms with van der Waals surface area (Å²) in [5, 5.41) is 15.3. The van der Waals surface area contributed by atoms with Crippen LogP contribution in [0.25, 0.3) is 21.8 Å². The van der Waals surface area contributed by atoms with Gasteiger partial charge in [-0.15, -0.1) is 0 Å². The number of carbonyl (C=O) groups excluding carboxylic acids is 1. The van der Waals surface area contributed by atoms with Gasteiger partial charge in [-0.25, -0.2) is 0 Å². The van der Waals surface area contributed by atoms with Crippen molar-refractivity contribution in [1.29, 1.82) is 0 Å². The highest BCUT2D eigenvalue weighted by Crippen LogP contribution is 2.45. The fraction of sp³-hybridized carbons (Fsp3) is 0.200. The zero-order valence-electron chi connectivity index (χ0n) is 21.3. The predicted molar refractivity (Wildman–Crippen MR) is 144 cm³/mol. The molecule has 3 aromatic carbocycles. The average Bonchev–Trinajstić information content (AvgIpc) is 3.27. The molecule has 39 heavy (non-hydrogen) atoms. The number of aromatic hydroxyl groups is 1. The van der Waals surface area contributed by atoms with Crippen molar-refractivity contribution in [3.8, 4) is 5.75 Å². The lowest BCUT2D eigenvalue weighted by Gasteiger charge is -2.24. The molecule has 0 radical (unpaired) electrons. The van der Waals surface area contributed by atoms with Crippen molar-refractivity contribution in [2.75, 3.05) is 6.54 Å². The van der Waals surface area contributed by atoms with Crippen molar-refractivity contribution in [3.63, 3.8) is 0 Å². The van der Waals surface area contributed by atoms with E-state index in [4.69, 9.17) is 0 Å². The third kappa shape index (κ3) is 4.65. The maximum atomic E-state index is 14.4. The molecule has 200 valence electrons. The van der Waals surface area contributed by atoms with Crippen LogP contribution in [0.15, 0.2) is 77.6 Å². The van der Waals surface area contributed by atoms with Crippen molar-refractivity contribution < 1.29 is 23.1 Å². The number of benzene rings is 3. The lowest BCUT2D eigenvalue weighted by atomic mass is 9.82. The maximum Gasteiger partial charge on any atom is 0.416 e. The van der Waals surface area contributed by atoms with Gasteiger partial charge < -0.3 is 20.0 Å². The van der Waals surface area contributed by atoms with Crippen molar-refractivity contribution >= 4 is 27.7 Å². The Labute approximate surface area is 221 Å². The zero-order chi connectivity index (χ0) is 27.9. The summed E-state index contributed by atoms with van der Waals surface area (Å²) in [7, 11) is 1.53. The molecule has 1 atom stereocenters. The van der Waals surface area contributed by atoms with E-state index in [0.29, 0.717) is 27.7 Å². The second-order valence-electron chi connectivity index (χ2n) is 9.46. The highest BCUT2D eigenvalue weighted by atomic mass is 19.4. The van der Waals surface area contributed by atoms with Gasteiger partial charge in [-0.1, -0.05) is 48.5 Å². The highest BCUT2D eigenvalue weighted by Gasteiger charge is 2.39. The van der Waals surface area contributed by atoms with Crippen LogP contribution in [0.2, 0.25) is 0 Å². The molecule has 5 aromatic rings. The van der Waals surface area contributed by atoms with E-state index >= 15 is 0 Å². The van der Waals surface area contributed by atoms with E-state index in [1.54, 1.807) is 36.4 Å².